The summed E-state index contributed by atoms with van der Waals surface area (Å²) >= 11 is 6.47. The van der Waals surface area contributed by atoms with Gasteiger partial charge in [0.1, 0.15) is 11.6 Å². The van der Waals surface area contributed by atoms with Gasteiger partial charge in [-0.15, -0.1) is 0 Å². The molecule has 0 spiro atoms. The van der Waals surface area contributed by atoms with Gasteiger partial charge in [-0.3, -0.25) is 0 Å². The molecule has 1 fully saturated rings. The van der Waals surface area contributed by atoms with Gasteiger partial charge in [0, 0.05) is 30.2 Å². The molecule has 0 aromatic heterocycles. The van der Waals surface area contributed by atoms with Gasteiger partial charge in [0.25, 0.3) is 0 Å². The van der Waals surface area contributed by atoms with Gasteiger partial charge in [-0.1, -0.05) is 72.3 Å². The molecule has 2 atom stereocenters. The van der Waals surface area contributed by atoms with E-state index in [4.69, 9.17) is 21.1 Å². The molecule has 2 aliphatic rings. The Morgan fingerprint density at radius 1 is 1.03 bits per heavy atom. The fraction of sp³-hybridized carbons (Fsp3) is 0.250. The van der Waals surface area contributed by atoms with E-state index in [1.807, 2.05) is 48.5 Å². The van der Waals surface area contributed by atoms with E-state index in [2.05, 4.69) is 17.4 Å². The second-order valence-electron chi connectivity index (χ2n) is 7.51. The lowest BCUT2D eigenvalue weighted by molar-refractivity contribution is -0.0260. The molecule has 2 aliphatic heterocycles. The molecule has 5 rings (SSSR count). The Morgan fingerprint density at radius 2 is 1.76 bits per heavy atom. The first-order chi connectivity index (χ1) is 14.2. The molecule has 3 nitrogen and oxygen atoms in total. The molecule has 0 saturated carbocycles. The monoisotopic (exact) mass is 409 g/mol. The Balaban J connectivity index is 1.68. The van der Waals surface area contributed by atoms with Crippen LogP contribution in [0.4, 0.5) is 4.39 Å². The number of nitrogens with one attached hydrogen (secondary N) is 1. The number of halogens is 2. The van der Waals surface area contributed by atoms with Gasteiger partial charge in [-0.2, -0.15) is 0 Å². The van der Waals surface area contributed by atoms with Crippen LogP contribution in [0, 0.1) is 5.82 Å². The minimum atomic E-state index is -0.690. The van der Waals surface area contributed by atoms with Crippen molar-refractivity contribution in [3.05, 3.63) is 88.7 Å². The number of morpholine rings is 1. The van der Waals surface area contributed by atoms with Crippen LogP contribution in [0.5, 0.6) is 5.75 Å². The molecule has 2 heterocycles. The first-order valence-electron chi connectivity index (χ1n) is 9.81. The molecule has 0 aliphatic carbocycles. The van der Waals surface area contributed by atoms with Crippen molar-refractivity contribution < 1.29 is 13.9 Å². The first-order valence-corrected chi connectivity index (χ1v) is 10.2. The Morgan fingerprint density at radius 3 is 2.45 bits per heavy atom. The maximum atomic E-state index is 14.8. The van der Waals surface area contributed by atoms with Crippen LogP contribution in [0.1, 0.15) is 11.1 Å². The van der Waals surface area contributed by atoms with E-state index < -0.39 is 11.4 Å². The summed E-state index contributed by atoms with van der Waals surface area (Å²) in [5.41, 5.74) is 2.86. The largest absolute Gasteiger partial charge is 0.480 e. The van der Waals surface area contributed by atoms with Crippen molar-refractivity contribution in [3.8, 4) is 16.9 Å². The third-order valence-electron chi connectivity index (χ3n) is 5.83. The summed E-state index contributed by atoms with van der Waals surface area (Å²) in [6.07, 6.45) is 0.581. The maximum Gasteiger partial charge on any atom is 0.156 e. The number of ether oxygens (including phenoxy) is 2. The zero-order chi connectivity index (χ0) is 19.8. The highest BCUT2D eigenvalue weighted by Crippen LogP contribution is 2.50. The minimum absolute atomic E-state index is 0.0588. The summed E-state index contributed by atoms with van der Waals surface area (Å²) in [5.74, 6) is 0.0722. The van der Waals surface area contributed by atoms with Crippen LogP contribution < -0.4 is 10.1 Å². The molecule has 5 heteroatoms. The number of benzene rings is 3. The highest BCUT2D eigenvalue weighted by Gasteiger charge is 2.49. The Kier molecular flexibility index (Phi) is 4.78. The smallest absolute Gasteiger partial charge is 0.156 e. The molecule has 2 unspecified atom stereocenters. The van der Waals surface area contributed by atoms with E-state index in [9.17, 15) is 4.39 Å². The lowest BCUT2D eigenvalue weighted by Gasteiger charge is -2.39. The standard InChI is InChI=1S/C24H21ClFNO2/c25-23-19(26)13-20-18(22(23)16-7-3-1-4-8-16)14-24(29-20,17-9-5-2-6-10-17)21-15-28-12-11-27-21/h1-10,13,21,27H,11-12,14-15H2. The first kappa shape index (κ1) is 18.6. The average Bonchev–Trinajstić information content (AvgIpc) is 3.16. The summed E-state index contributed by atoms with van der Waals surface area (Å²) in [6, 6.07) is 21.1. The van der Waals surface area contributed by atoms with Gasteiger partial charge in [0.15, 0.2) is 5.60 Å². The van der Waals surface area contributed by atoms with E-state index in [1.54, 1.807) is 0 Å². The third-order valence-corrected chi connectivity index (χ3v) is 6.20. The lowest BCUT2D eigenvalue weighted by atomic mass is 9.81. The molecular weight excluding hydrogens is 389 g/mol. The highest BCUT2D eigenvalue weighted by molar-refractivity contribution is 6.33. The van der Waals surface area contributed by atoms with Crippen molar-refractivity contribution in [2.24, 2.45) is 0 Å². The summed E-state index contributed by atoms with van der Waals surface area (Å²) < 4.78 is 27.1. The zero-order valence-corrected chi connectivity index (χ0v) is 16.6. The van der Waals surface area contributed by atoms with Gasteiger partial charge in [-0.05, 0) is 11.1 Å². The quantitative estimate of drug-likeness (QED) is 0.662. The van der Waals surface area contributed by atoms with E-state index in [-0.39, 0.29) is 11.1 Å². The van der Waals surface area contributed by atoms with Crippen molar-refractivity contribution in [3.63, 3.8) is 0 Å². The molecule has 1 N–H and O–H groups in total. The van der Waals surface area contributed by atoms with Crippen LogP contribution in [0.15, 0.2) is 66.7 Å². The van der Waals surface area contributed by atoms with Gasteiger partial charge in [0.2, 0.25) is 0 Å². The number of fused-ring (bicyclic) bond motifs is 1. The lowest BCUT2D eigenvalue weighted by Crippen LogP contribution is -2.57. The van der Waals surface area contributed by atoms with Crippen molar-refractivity contribution in [2.75, 3.05) is 19.8 Å². The van der Waals surface area contributed by atoms with Crippen molar-refractivity contribution in [1.82, 2.24) is 5.32 Å². The fourth-order valence-electron chi connectivity index (χ4n) is 4.45. The van der Waals surface area contributed by atoms with E-state index in [1.165, 1.54) is 6.07 Å². The Bertz CT molecular complexity index is 1020. The molecule has 1 saturated heterocycles. The molecule has 0 radical (unpaired) electrons. The van der Waals surface area contributed by atoms with Crippen LogP contribution >= 0.6 is 11.6 Å². The van der Waals surface area contributed by atoms with Gasteiger partial charge < -0.3 is 14.8 Å². The second kappa shape index (κ2) is 7.45. The van der Waals surface area contributed by atoms with Crippen LogP contribution in [0.2, 0.25) is 5.02 Å². The Hall–Kier alpha value is -2.40. The van der Waals surface area contributed by atoms with E-state index in [0.29, 0.717) is 30.9 Å². The molecule has 0 bridgehead atoms. The van der Waals surface area contributed by atoms with Crippen LogP contribution in [-0.4, -0.2) is 25.8 Å². The molecule has 29 heavy (non-hydrogen) atoms. The van der Waals surface area contributed by atoms with E-state index >= 15 is 0 Å². The molecule has 0 amide bonds. The van der Waals surface area contributed by atoms with Crippen LogP contribution in [0.3, 0.4) is 0 Å². The predicted octanol–water partition coefficient (Wildman–Crippen LogP) is 4.96. The highest BCUT2D eigenvalue weighted by atomic mass is 35.5. The molecule has 3 aromatic carbocycles. The van der Waals surface area contributed by atoms with Gasteiger partial charge in [0.05, 0.1) is 24.3 Å². The fourth-order valence-corrected chi connectivity index (χ4v) is 4.73. The van der Waals surface area contributed by atoms with Crippen molar-refractivity contribution in [2.45, 2.75) is 18.1 Å². The van der Waals surface area contributed by atoms with Crippen molar-refractivity contribution >= 4 is 11.6 Å². The summed E-state index contributed by atoms with van der Waals surface area (Å²) in [7, 11) is 0. The molecule has 148 valence electrons. The third kappa shape index (κ3) is 3.12. The van der Waals surface area contributed by atoms with Crippen molar-refractivity contribution in [1.29, 1.82) is 0 Å². The average molecular weight is 410 g/mol. The zero-order valence-electron chi connectivity index (χ0n) is 15.8. The second-order valence-corrected chi connectivity index (χ2v) is 7.88. The topological polar surface area (TPSA) is 30.5 Å². The normalized spacial score (nSPS) is 23.4. The summed E-state index contributed by atoms with van der Waals surface area (Å²) in [5, 5.41) is 3.68. The van der Waals surface area contributed by atoms with Gasteiger partial charge >= 0.3 is 0 Å². The number of hydrogen-bond donors (Lipinski definition) is 1. The van der Waals surface area contributed by atoms with E-state index in [0.717, 1.165) is 23.2 Å². The summed E-state index contributed by atoms with van der Waals surface area (Å²) in [6.45, 7) is 1.95. The number of rotatable bonds is 3. The Labute approximate surface area is 174 Å². The number of hydrogen-bond acceptors (Lipinski definition) is 3. The molecule has 3 aromatic rings. The SMILES string of the molecule is Fc1cc2c(c(-c3ccccc3)c1Cl)CC(c1ccccc1)(C1COCCN1)O2. The van der Waals surface area contributed by atoms with Gasteiger partial charge in [-0.25, -0.2) is 4.39 Å². The van der Waals surface area contributed by atoms with Crippen LogP contribution in [0.25, 0.3) is 11.1 Å². The minimum Gasteiger partial charge on any atom is -0.480 e. The molecular formula is C24H21ClFNO2. The van der Waals surface area contributed by atoms with Crippen LogP contribution in [-0.2, 0) is 16.8 Å². The maximum absolute atomic E-state index is 14.8. The predicted molar refractivity (Wildman–Crippen MR) is 112 cm³/mol. The summed E-state index contributed by atoms with van der Waals surface area (Å²) in [4.78, 5) is 0.